The van der Waals surface area contributed by atoms with Crippen molar-refractivity contribution >= 4 is 39.5 Å². The number of halogens is 1. The monoisotopic (exact) mass is 500 g/mol. The zero-order valence-corrected chi connectivity index (χ0v) is 21.7. The van der Waals surface area contributed by atoms with Crippen LogP contribution in [0, 0.1) is 13.8 Å². The standard InChI is InChI=1S/C25H33ClN6OS/c1-16-17(2)34-25-22(16)23(19-5-7-20(26)8-6-19)28-21(24-30-29-18(3)32(24)25)15-27-9-4-10-31-11-13-33-14-12-31/h5-8,18,21,27,29H,4,9-15H2,1-3H3/t18?,21-/m0/s1. The first-order valence-electron chi connectivity index (χ1n) is 12.1. The summed E-state index contributed by atoms with van der Waals surface area (Å²) in [5.41, 5.74) is 7.89. The second-order valence-corrected chi connectivity index (χ2v) is 10.8. The average Bonchev–Trinajstić information content (AvgIpc) is 3.31. The zero-order chi connectivity index (χ0) is 23.7. The van der Waals surface area contributed by atoms with E-state index in [0.29, 0.717) is 0 Å². The van der Waals surface area contributed by atoms with Crippen molar-refractivity contribution in [2.24, 2.45) is 10.1 Å². The maximum Gasteiger partial charge on any atom is 0.157 e. The number of nitrogens with one attached hydrogen (secondary N) is 2. The highest BCUT2D eigenvalue weighted by atomic mass is 35.5. The number of thiophene rings is 1. The van der Waals surface area contributed by atoms with Gasteiger partial charge in [0.25, 0.3) is 0 Å². The lowest BCUT2D eigenvalue weighted by Gasteiger charge is -2.27. The van der Waals surface area contributed by atoms with Crippen molar-refractivity contribution in [2.75, 3.05) is 50.8 Å². The Hall–Kier alpha value is -1.97. The summed E-state index contributed by atoms with van der Waals surface area (Å²) >= 11 is 8.03. The van der Waals surface area contributed by atoms with Gasteiger partial charge in [-0.2, -0.15) is 5.10 Å². The Bertz CT molecular complexity index is 1080. The molecule has 182 valence electrons. The number of anilines is 1. The van der Waals surface area contributed by atoms with Gasteiger partial charge in [0.2, 0.25) is 0 Å². The van der Waals surface area contributed by atoms with Crippen molar-refractivity contribution in [3.05, 3.63) is 50.9 Å². The van der Waals surface area contributed by atoms with E-state index in [2.05, 4.69) is 53.4 Å². The second kappa shape index (κ2) is 10.3. The molecule has 34 heavy (non-hydrogen) atoms. The van der Waals surface area contributed by atoms with E-state index in [1.54, 1.807) is 0 Å². The summed E-state index contributed by atoms with van der Waals surface area (Å²) in [7, 11) is 0. The van der Waals surface area contributed by atoms with Crippen molar-refractivity contribution in [1.82, 2.24) is 15.6 Å². The predicted octanol–water partition coefficient (Wildman–Crippen LogP) is 3.62. The highest BCUT2D eigenvalue weighted by Gasteiger charge is 2.38. The first-order chi connectivity index (χ1) is 16.5. The highest BCUT2D eigenvalue weighted by molar-refractivity contribution is 7.17. The smallest absolute Gasteiger partial charge is 0.157 e. The molecule has 3 aliphatic heterocycles. The van der Waals surface area contributed by atoms with E-state index in [0.717, 1.165) is 74.5 Å². The second-order valence-electron chi connectivity index (χ2n) is 9.12. The quantitative estimate of drug-likeness (QED) is 0.568. The van der Waals surface area contributed by atoms with E-state index in [4.69, 9.17) is 26.4 Å². The number of hydrogen-bond donors (Lipinski definition) is 2. The molecule has 0 amide bonds. The molecule has 1 aromatic heterocycles. The van der Waals surface area contributed by atoms with Gasteiger partial charge in [-0.05, 0) is 58.0 Å². The Morgan fingerprint density at radius 3 is 2.74 bits per heavy atom. The number of ether oxygens (including phenoxy) is 1. The summed E-state index contributed by atoms with van der Waals surface area (Å²) in [5, 5.41) is 10.4. The molecule has 2 aromatic rings. The topological polar surface area (TPSA) is 64.5 Å². The summed E-state index contributed by atoms with van der Waals surface area (Å²) in [4.78, 5) is 11.5. The lowest BCUT2D eigenvalue weighted by Crippen LogP contribution is -2.44. The van der Waals surface area contributed by atoms with Crippen LogP contribution in [0.1, 0.15) is 34.9 Å². The van der Waals surface area contributed by atoms with Crippen LogP contribution in [0.3, 0.4) is 0 Å². The molecule has 0 radical (unpaired) electrons. The minimum absolute atomic E-state index is 0.0779. The lowest BCUT2D eigenvalue weighted by atomic mass is 10.00. The molecule has 1 saturated heterocycles. The molecule has 2 atom stereocenters. The van der Waals surface area contributed by atoms with Gasteiger partial charge in [-0.3, -0.25) is 20.2 Å². The third kappa shape index (κ3) is 4.75. The van der Waals surface area contributed by atoms with Crippen molar-refractivity contribution < 1.29 is 4.74 Å². The molecule has 3 aliphatic rings. The van der Waals surface area contributed by atoms with Crippen LogP contribution in [-0.2, 0) is 4.74 Å². The van der Waals surface area contributed by atoms with Gasteiger partial charge >= 0.3 is 0 Å². The van der Waals surface area contributed by atoms with E-state index in [9.17, 15) is 0 Å². The van der Waals surface area contributed by atoms with E-state index < -0.39 is 0 Å². The van der Waals surface area contributed by atoms with Crippen molar-refractivity contribution in [2.45, 2.75) is 39.4 Å². The van der Waals surface area contributed by atoms with Gasteiger partial charge < -0.3 is 10.1 Å². The number of aliphatic imine (C=N–C) groups is 1. The fraction of sp³-hybridized carbons (Fsp3) is 0.520. The summed E-state index contributed by atoms with van der Waals surface area (Å²) in [6, 6.07) is 7.96. The number of benzene rings is 1. The largest absolute Gasteiger partial charge is 0.379 e. The number of morpholine rings is 1. The fourth-order valence-electron chi connectivity index (χ4n) is 4.77. The molecule has 0 bridgehead atoms. The molecular formula is C25H33ClN6OS. The fourth-order valence-corrected chi connectivity index (χ4v) is 6.15. The van der Waals surface area contributed by atoms with Crippen molar-refractivity contribution in [3.63, 3.8) is 0 Å². The summed E-state index contributed by atoms with van der Waals surface area (Å²) < 4.78 is 5.45. The molecule has 1 aromatic carbocycles. The van der Waals surface area contributed by atoms with Crippen LogP contribution < -0.4 is 15.6 Å². The van der Waals surface area contributed by atoms with Crippen molar-refractivity contribution in [3.8, 4) is 0 Å². The van der Waals surface area contributed by atoms with Crippen LogP contribution in [0.25, 0.3) is 0 Å². The minimum Gasteiger partial charge on any atom is -0.379 e. The maximum absolute atomic E-state index is 6.20. The van der Waals surface area contributed by atoms with Gasteiger partial charge in [-0.15, -0.1) is 11.3 Å². The Morgan fingerprint density at radius 1 is 1.21 bits per heavy atom. The van der Waals surface area contributed by atoms with Gasteiger partial charge in [0.05, 0.1) is 18.9 Å². The number of amidine groups is 1. The molecule has 1 unspecified atom stereocenters. The van der Waals surface area contributed by atoms with Crippen LogP contribution in [-0.4, -0.2) is 74.6 Å². The Morgan fingerprint density at radius 2 is 1.97 bits per heavy atom. The van der Waals surface area contributed by atoms with Crippen molar-refractivity contribution in [1.29, 1.82) is 0 Å². The maximum atomic E-state index is 6.20. The van der Waals surface area contributed by atoms with Crippen LogP contribution in [0.15, 0.2) is 34.4 Å². The summed E-state index contributed by atoms with van der Waals surface area (Å²) in [6.07, 6.45) is 1.20. The van der Waals surface area contributed by atoms with Gasteiger partial charge in [-0.25, -0.2) is 0 Å². The molecule has 0 aliphatic carbocycles. The summed E-state index contributed by atoms with van der Waals surface area (Å²) in [6.45, 7) is 13.1. The Labute approximate surface area is 210 Å². The molecule has 4 heterocycles. The number of aryl methyl sites for hydroxylation is 1. The molecule has 1 fully saturated rings. The van der Waals surface area contributed by atoms with Gasteiger partial charge in [0, 0.05) is 40.7 Å². The first kappa shape index (κ1) is 23.8. The number of hydrogen-bond acceptors (Lipinski definition) is 8. The molecule has 9 heteroatoms. The van der Waals surface area contributed by atoms with Gasteiger partial charge in [0.15, 0.2) is 5.84 Å². The lowest BCUT2D eigenvalue weighted by molar-refractivity contribution is 0.0374. The highest BCUT2D eigenvalue weighted by Crippen LogP contribution is 2.41. The molecule has 5 rings (SSSR count). The number of rotatable bonds is 7. The Kier molecular flexibility index (Phi) is 7.22. The van der Waals surface area contributed by atoms with Crippen LogP contribution in [0.4, 0.5) is 5.00 Å². The number of hydrazone groups is 1. The van der Waals surface area contributed by atoms with Crippen LogP contribution >= 0.6 is 22.9 Å². The van der Waals surface area contributed by atoms with E-state index in [1.165, 1.54) is 21.0 Å². The van der Waals surface area contributed by atoms with Crippen LogP contribution in [0.5, 0.6) is 0 Å². The Balaban J connectivity index is 1.40. The average molecular weight is 501 g/mol. The number of fused-ring (bicyclic) bond motifs is 3. The van der Waals surface area contributed by atoms with Gasteiger partial charge in [-0.1, -0.05) is 23.7 Å². The molecule has 7 nitrogen and oxygen atoms in total. The molecule has 0 saturated carbocycles. The minimum atomic E-state index is -0.0779. The predicted molar refractivity (Wildman–Crippen MR) is 142 cm³/mol. The molecule has 2 N–H and O–H groups in total. The van der Waals surface area contributed by atoms with Crippen LogP contribution in [0.2, 0.25) is 5.02 Å². The van der Waals surface area contributed by atoms with E-state index >= 15 is 0 Å². The normalized spacial score (nSPS) is 22.5. The zero-order valence-electron chi connectivity index (χ0n) is 20.1. The first-order valence-corrected chi connectivity index (χ1v) is 13.3. The molecule has 0 spiro atoms. The molecular weight excluding hydrogens is 468 g/mol. The number of nitrogens with zero attached hydrogens (tertiary/aromatic N) is 4. The SMILES string of the molecule is Cc1sc2c(c1C)C(c1ccc(Cl)cc1)=N[C@@H](CNCCCN1CCOCC1)C1=NNC(C)N12. The third-order valence-corrected chi connectivity index (χ3v) is 8.25. The third-order valence-electron chi connectivity index (χ3n) is 6.79. The van der Waals surface area contributed by atoms with E-state index in [-0.39, 0.29) is 12.2 Å². The van der Waals surface area contributed by atoms with Gasteiger partial charge in [0.1, 0.15) is 17.2 Å². The van der Waals surface area contributed by atoms with E-state index in [1.807, 2.05) is 23.5 Å². The summed E-state index contributed by atoms with van der Waals surface area (Å²) in [5.74, 6) is 0.986.